The van der Waals surface area contributed by atoms with Crippen LogP contribution >= 0.6 is 0 Å². The molecule has 1 amide bonds. The van der Waals surface area contributed by atoms with E-state index >= 15 is 0 Å². The number of carbonyl (C=O) groups excluding carboxylic acids is 1. The monoisotopic (exact) mass is 444 g/mol. The molecular formula is C26H32N6O. The van der Waals surface area contributed by atoms with E-state index in [0.717, 1.165) is 55.1 Å². The highest BCUT2D eigenvalue weighted by atomic mass is 16.1. The van der Waals surface area contributed by atoms with E-state index in [0.29, 0.717) is 17.4 Å². The van der Waals surface area contributed by atoms with Gasteiger partial charge in [0.15, 0.2) is 0 Å². The van der Waals surface area contributed by atoms with Gasteiger partial charge in [0, 0.05) is 56.2 Å². The van der Waals surface area contributed by atoms with Crippen LogP contribution in [-0.2, 0) is 0 Å². The van der Waals surface area contributed by atoms with Gasteiger partial charge in [-0.05, 0) is 29.7 Å². The van der Waals surface area contributed by atoms with Gasteiger partial charge in [-0.3, -0.25) is 4.79 Å². The van der Waals surface area contributed by atoms with Crippen LogP contribution in [0.2, 0.25) is 0 Å². The molecule has 172 valence electrons. The second kappa shape index (κ2) is 9.33. The molecular weight excluding hydrogens is 412 g/mol. The van der Waals surface area contributed by atoms with Gasteiger partial charge < -0.3 is 15.1 Å². The molecule has 3 aromatic rings. The molecule has 3 heterocycles. The lowest BCUT2D eigenvalue weighted by molar-refractivity contribution is 0.0892. The van der Waals surface area contributed by atoms with E-state index in [4.69, 9.17) is 4.98 Å². The Morgan fingerprint density at radius 3 is 2.36 bits per heavy atom. The van der Waals surface area contributed by atoms with Crippen molar-refractivity contribution in [2.75, 3.05) is 36.0 Å². The topological polar surface area (TPSA) is 74.2 Å². The molecule has 1 aromatic carbocycles. The van der Waals surface area contributed by atoms with E-state index in [9.17, 15) is 4.79 Å². The number of hydrogen-bond acceptors (Lipinski definition) is 6. The minimum absolute atomic E-state index is 0.0118. The Hall–Kier alpha value is -3.22. The molecule has 1 saturated heterocycles. The van der Waals surface area contributed by atoms with Gasteiger partial charge in [-0.15, -0.1) is 0 Å². The number of piperazine rings is 1. The summed E-state index contributed by atoms with van der Waals surface area (Å²) in [7, 11) is 0. The molecule has 33 heavy (non-hydrogen) atoms. The Bertz CT molecular complexity index is 1110. The van der Waals surface area contributed by atoms with Crippen LogP contribution in [0.15, 0.2) is 48.9 Å². The Kier molecular flexibility index (Phi) is 6.11. The first kappa shape index (κ1) is 21.6. The third kappa shape index (κ3) is 4.36. The number of pyridine rings is 1. The molecule has 2 fully saturated rings. The van der Waals surface area contributed by atoms with Crippen LogP contribution < -0.4 is 15.1 Å². The van der Waals surface area contributed by atoms with E-state index in [1.54, 1.807) is 18.6 Å². The Balaban J connectivity index is 1.36. The lowest BCUT2D eigenvalue weighted by Gasteiger charge is -2.36. The molecule has 1 saturated carbocycles. The van der Waals surface area contributed by atoms with E-state index in [2.05, 4.69) is 45.0 Å². The molecule has 0 bridgehead atoms. The van der Waals surface area contributed by atoms with Crippen molar-refractivity contribution >= 4 is 28.4 Å². The third-order valence-corrected chi connectivity index (χ3v) is 7.46. The van der Waals surface area contributed by atoms with Gasteiger partial charge in [0.2, 0.25) is 5.95 Å². The van der Waals surface area contributed by atoms with Gasteiger partial charge in [-0.1, -0.05) is 51.0 Å². The minimum Gasteiger partial charge on any atom is -0.353 e. The van der Waals surface area contributed by atoms with E-state index < -0.39 is 0 Å². The van der Waals surface area contributed by atoms with Crippen LogP contribution in [0.25, 0.3) is 10.8 Å². The zero-order valence-corrected chi connectivity index (χ0v) is 19.4. The summed E-state index contributed by atoms with van der Waals surface area (Å²) >= 11 is 0. The van der Waals surface area contributed by atoms with Crippen LogP contribution in [-0.4, -0.2) is 53.1 Å². The van der Waals surface area contributed by atoms with Crippen LogP contribution in [0.3, 0.4) is 0 Å². The van der Waals surface area contributed by atoms with Crippen LogP contribution in [0.4, 0.5) is 11.8 Å². The first-order valence-corrected chi connectivity index (χ1v) is 12.1. The fraction of sp³-hybridized carbons (Fsp3) is 0.462. The van der Waals surface area contributed by atoms with Crippen molar-refractivity contribution in [2.45, 2.75) is 39.2 Å². The maximum atomic E-state index is 13.3. The molecule has 5 rings (SSSR count). The highest BCUT2D eigenvalue weighted by molar-refractivity contribution is 6.09. The summed E-state index contributed by atoms with van der Waals surface area (Å²) < 4.78 is 0. The second-order valence-corrected chi connectivity index (χ2v) is 9.41. The SMILES string of the molecule is CC1CCCC(NC(=O)c2cnc(N3CCN(c4ncccn4)CC3)c3ccccc23)C1C. The Morgan fingerprint density at radius 1 is 0.909 bits per heavy atom. The van der Waals surface area contributed by atoms with Crippen molar-refractivity contribution in [1.82, 2.24) is 20.3 Å². The molecule has 7 heteroatoms. The average molecular weight is 445 g/mol. The highest BCUT2D eigenvalue weighted by Gasteiger charge is 2.29. The Morgan fingerprint density at radius 2 is 1.61 bits per heavy atom. The molecule has 3 unspecified atom stereocenters. The maximum absolute atomic E-state index is 13.3. The highest BCUT2D eigenvalue weighted by Crippen LogP contribution is 2.31. The fourth-order valence-electron chi connectivity index (χ4n) is 5.22. The quantitative estimate of drug-likeness (QED) is 0.658. The Labute approximate surface area is 195 Å². The lowest BCUT2D eigenvalue weighted by atomic mass is 9.78. The molecule has 1 N–H and O–H groups in total. The standard InChI is InChI=1S/C26H32N6O/c1-18-7-5-10-23(19(18)2)30-25(33)22-17-29-24(21-9-4-3-8-20(21)22)31-13-15-32(16-14-31)26-27-11-6-12-28-26/h3-4,6,8-9,11-12,17-19,23H,5,7,10,13-16H2,1-2H3,(H,30,33). The van der Waals surface area contributed by atoms with Crippen LogP contribution in [0, 0.1) is 11.8 Å². The number of anilines is 2. The average Bonchev–Trinajstić information content (AvgIpc) is 2.87. The number of rotatable bonds is 4. The predicted octanol–water partition coefficient (Wildman–Crippen LogP) is 3.91. The zero-order chi connectivity index (χ0) is 22.8. The van der Waals surface area contributed by atoms with E-state index in [1.165, 1.54) is 12.8 Å². The molecule has 1 aliphatic heterocycles. The number of amides is 1. The van der Waals surface area contributed by atoms with Crippen LogP contribution in [0.1, 0.15) is 43.5 Å². The van der Waals surface area contributed by atoms with E-state index in [1.807, 2.05) is 24.3 Å². The molecule has 2 aliphatic rings. The summed E-state index contributed by atoms with van der Waals surface area (Å²) in [6.07, 6.45) is 8.79. The number of hydrogen-bond donors (Lipinski definition) is 1. The summed E-state index contributed by atoms with van der Waals surface area (Å²) in [6.45, 7) is 7.88. The number of nitrogens with zero attached hydrogens (tertiary/aromatic N) is 5. The van der Waals surface area contributed by atoms with Crippen molar-refractivity contribution in [1.29, 1.82) is 0 Å². The molecule has 2 aromatic heterocycles. The van der Waals surface area contributed by atoms with Gasteiger partial charge in [-0.25, -0.2) is 15.0 Å². The number of carbonyl (C=O) groups is 1. The smallest absolute Gasteiger partial charge is 0.253 e. The summed E-state index contributed by atoms with van der Waals surface area (Å²) in [6, 6.07) is 10.2. The first-order valence-electron chi connectivity index (χ1n) is 12.1. The third-order valence-electron chi connectivity index (χ3n) is 7.46. The van der Waals surface area contributed by atoms with Gasteiger partial charge in [-0.2, -0.15) is 0 Å². The van der Waals surface area contributed by atoms with Crippen molar-refractivity contribution in [3.63, 3.8) is 0 Å². The summed E-state index contributed by atoms with van der Waals surface area (Å²) in [5, 5.41) is 5.31. The maximum Gasteiger partial charge on any atom is 0.253 e. The molecule has 0 spiro atoms. The summed E-state index contributed by atoms with van der Waals surface area (Å²) in [5.41, 5.74) is 0.663. The van der Waals surface area contributed by atoms with E-state index in [-0.39, 0.29) is 11.9 Å². The van der Waals surface area contributed by atoms with Gasteiger partial charge >= 0.3 is 0 Å². The largest absolute Gasteiger partial charge is 0.353 e. The van der Waals surface area contributed by atoms with Gasteiger partial charge in [0.05, 0.1) is 5.56 Å². The van der Waals surface area contributed by atoms with Gasteiger partial charge in [0.25, 0.3) is 5.91 Å². The molecule has 7 nitrogen and oxygen atoms in total. The van der Waals surface area contributed by atoms with Crippen molar-refractivity contribution < 1.29 is 4.79 Å². The molecule has 1 aliphatic carbocycles. The lowest BCUT2D eigenvalue weighted by Crippen LogP contribution is -2.47. The predicted molar refractivity (Wildman–Crippen MR) is 132 cm³/mol. The van der Waals surface area contributed by atoms with Crippen LogP contribution in [0.5, 0.6) is 0 Å². The first-order chi connectivity index (χ1) is 16.1. The molecule has 3 atom stereocenters. The summed E-state index contributed by atoms with van der Waals surface area (Å²) in [4.78, 5) is 31.3. The number of nitrogens with one attached hydrogen (secondary N) is 1. The van der Waals surface area contributed by atoms with Crippen molar-refractivity contribution in [3.05, 3.63) is 54.5 Å². The fourth-order valence-corrected chi connectivity index (χ4v) is 5.22. The number of aromatic nitrogens is 3. The zero-order valence-electron chi connectivity index (χ0n) is 19.4. The molecule has 0 radical (unpaired) electrons. The van der Waals surface area contributed by atoms with Crippen molar-refractivity contribution in [3.8, 4) is 0 Å². The number of benzene rings is 1. The normalized spacial score (nSPS) is 23.5. The second-order valence-electron chi connectivity index (χ2n) is 9.41. The summed E-state index contributed by atoms with van der Waals surface area (Å²) in [5.74, 6) is 2.83. The van der Waals surface area contributed by atoms with Crippen molar-refractivity contribution in [2.24, 2.45) is 11.8 Å². The van der Waals surface area contributed by atoms with Gasteiger partial charge in [0.1, 0.15) is 5.82 Å². The minimum atomic E-state index is -0.0118. The number of fused-ring (bicyclic) bond motifs is 1.